The Morgan fingerprint density at radius 1 is 1.17 bits per heavy atom. The van der Waals surface area contributed by atoms with Gasteiger partial charge in [0, 0.05) is 19.6 Å². The molecule has 1 saturated heterocycles. The number of rotatable bonds is 3. The van der Waals surface area contributed by atoms with Gasteiger partial charge in [-0.15, -0.1) is 0 Å². The van der Waals surface area contributed by atoms with E-state index in [0.29, 0.717) is 13.0 Å². The summed E-state index contributed by atoms with van der Waals surface area (Å²) < 4.78 is 5.53. The molecule has 2 aliphatic rings. The monoisotopic (exact) mass is 317 g/mol. The van der Waals surface area contributed by atoms with Crippen LogP contribution in [0.3, 0.4) is 0 Å². The van der Waals surface area contributed by atoms with Gasteiger partial charge >= 0.3 is 6.03 Å². The maximum atomic E-state index is 12.3. The number of nitrogens with one attached hydrogen (secondary N) is 1. The molecule has 0 aliphatic carbocycles. The van der Waals surface area contributed by atoms with Gasteiger partial charge in [-0.3, -0.25) is 4.79 Å². The summed E-state index contributed by atoms with van der Waals surface area (Å²) in [5, 5.41) is 2.92. The Morgan fingerprint density at radius 3 is 2.39 bits per heavy atom. The summed E-state index contributed by atoms with van der Waals surface area (Å²) in [6, 6.07) is 8.28. The van der Waals surface area contributed by atoms with Gasteiger partial charge in [0.2, 0.25) is 5.91 Å². The number of nitrogens with zero attached hydrogens (tertiary/aromatic N) is 1. The van der Waals surface area contributed by atoms with Crippen molar-refractivity contribution in [2.24, 2.45) is 5.73 Å². The highest BCUT2D eigenvalue weighted by atomic mass is 16.5. The van der Waals surface area contributed by atoms with Crippen LogP contribution in [0.2, 0.25) is 0 Å². The first-order valence-corrected chi connectivity index (χ1v) is 8.18. The van der Waals surface area contributed by atoms with Crippen molar-refractivity contribution in [3.63, 3.8) is 0 Å². The van der Waals surface area contributed by atoms with E-state index in [9.17, 15) is 9.59 Å². The average molecular weight is 317 g/mol. The van der Waals surface area contributed by atoms with Crippen molar-refractivity contribution in [3.8, 4) is 0 Å². The predicted molar refractivity (Wildman–Crippen MR) is 85.9 cm³/mol. The SMILES string of the molecule is NC(=O)[C@@H]1CC[C@@H](CNC(=O)N2CCc3ccccc3CC2)O1. The number of nitrogens with two attached hydrogens (primary N) is 1. The molecule has 6 nitrogen and oxygen atoms in total. The molecule has 2 atom stereocenters. The van der Waals surface area contributed by atoms with Gasteiger partial charge in [0.05, 0.1) is 6.10 Å². The van der Waals surface area contributed by atoms with Crippen molar-refractivity contribution in [3.05, 3.63) is 35.4 Å². The summed E-state index contributed by atoms with van der Waals surface area (Å²) in [7, 11) is 0. The number of hydrogen-bond donors (Lipinski definition) is 2. The van der Waals surface area contributed by atoms with Crippen LogP contribution in [-0.4, -0.2) is 48.7 Å². The summed E-state index contributed by atoms with van der Waals surface area (Å²) in [5.74, 6) is -0.427. The predicted octanol–water partition coefficient (Wildman–Crippen LogP) is 0.830. The van der Waals surface area contributed by atoms with Crippen molar-refractivity contribution >= 4 is 11.9 Å². The van der Waals surface area contributed by atoms with E-state index in [4.69, 9.17) is 10.5 Å². The molecule has 3 N–H and O–H groups in total. The molecule has 1 aromatic rings. The second-order valence-electron chi connectivity index (χ2n) is 6.17. The maximum absolute atomic E-state index is 12.3. The standard InChI is InChI=1S/C17H23N3O3/c18-16(21)15-6-5-14(23-15)11-19-17(22)20-9-7-12-3-1-2-4-13(12)8-10-20/h1-4,14-15H,5-11H2,(H2,18,21)(H,19,22)/t14-,15-/m0/s1. The number of amides is 3. The lowest BCUT2D eigenvalue weighted by molar-refractivity contribution is -0.128. The van der Waals surface area contributed by atoms with Crippen LogP contribution in [0.15, 0.2) is 24.3 Å². The lowest BCUT2D eigenvalue weighted by Crippen LogP contribution is -2.44. The third-order valence-corrected chi connectivity index (χ3v) is 4.61. The molecule has 124 valence electrons. The van der Waals surface area contributed by atoms with Crippen molar-refractivity contribution in [2.45, 2.75) is 37.9 Å². The number of carbonyl (C=O) groups is 2. The molecule has 1 aromatic carbocycles. The molecular weight excluding hydrogens is 294 g/mol. The number of primary amides is 1. The zero-order chi connectivity index (χ0) is 16.2. The van der Waals surface area contributed by atoms with Crippen LogP contribution >= 0.6 is 0 Å². The van der Waals surface area contributed by atoms with Crippen molar-refractivity contribution in [1.82, 2.24) is 10.2 Å². The van der Waals surface area contributed by atoms with E-state index < -0.39 is 12.0 Å². The molecule has 3 rings (SSSR count). The third-order valence-electron chi connectivity index (χ3n) is 4.61. The molecule has 0 aromatic heterocycles. The van der Waals surface area contributed by atoms with Gasteiger partial charge in [0.15, 0.2) is 0 Å². The molecule has 2 aliphatic heterocycles. The normalized spacial score (nSPS) is 23.9. The fourth-order valence-corrected chi connectivity index (χ4v) is 3.25. The third kappa shape index (κ3) is 3.82. The Labute approximate surface area is 136 Å². The van der Waals surface area contributed by atoms with Crippen molar-refractivity contribution in [2.75, 3.05) is 19.6 Å². The molecule has 1 fully saturated rings. The van der Waals surface area contributed by atoms with Gasteiger partial charge < -0.3 is 20.7 Å². The molecule has 0 saturated carbocycles. The van der Waals surface area contributed by atoms with Gasteiger partial charge in [-0.05, 0) is 36.8 Å². The average Bonchev–Trinajstić information content (AvgIpc) is 2.92. The highest BCUT2D eigenvalue weighted by molar-refractivity contribution is 5.79. The number of urea groups is 1. The summed E-state index contributed by atoms with van der Waals surface area (Å²) >= 11 is 0. The van der Waals surface area contributed by atoms with E-state index in [1.54, 1.807) is 0 Å². The minimum absolute atomic E-state index is 0.0658. The number of ether oxygens (including phenoxy) is 1. The number of carbonyl (C=O) groups excluding carboxylic acids is 2. The van der Waals surface area contributed by atoms with E-state index in [1.165, 1.54) is 11.1 Å². The van der Waals surface area contributed by atoms with Gasteiger partial charge in [0.1, 0.15) is 6.10 Å². The van der Waals surface area contributed by atoms with Crippen molar-refractivity contribution < 1.29 is 14.3 Å². The Morgan fingerprint density at radius 2 is 1.83 bits per heavy atom. The topological polar surface area (TPSA) is 84.7 Å². The molecule has 6 heteroatoms. The summed E-state index contributed by atoms with van der Waals surface area (Å²) in [6.07, 6.45) is 2.51. The van der Waals surface area contributed by atoms with E-state index in [0.717, 1.165) is 32.4 Å². The molecular formula is C17H23N3O3. The van der Waals surface area contributed by atoms with E-state index in [2.05, 4.69) is 17.4 Å². The fraction of sp³-hybridized carbons (Fsp3) is 0.529. The van der Waals surface area contributed by atoms with E-state index in [-0.39, 0.29) is 12.1 Å². The summed E-state index contributed by atoms with van der Waals surface area (Å²) in [6.45, 7) is 1.86. The number of hydrogen-bond acceptors (Lipinski definition) is 3. The molecule has 0 unspecified atom stereocenters. The Balaban J connectivity index is 1.47. The summed E-state index contributed by atoms with van der Waals surface area (Å²) in [5.41, 5.74) is 7.88. The molecule has 2 heterocycles. The highest BCUT2D eigenvalue weighted by Crippen LogP contribution is 2.19. The van der Waals surface area contributed by atoms with Crippen LogP contribution in [0, 0.1) is 0 Å². The molecule has 0 bridgehead atoms. The molecule has 23 heavy (non-hydrogen) atoms. The van der Waals surface area contributed by atoms with Gasteiger partial charge in [0.25, 0.3) is 0 Å². The Hall–Kier alpha value is -2.08. The second-order valence-corrected chi connectivity index (χ2v) is 6.17. The molecule has 0 radical (unpaired) electrons. The number of benzene rings is 1. The molecule has 0 spiro atoms. The van der Waals surface area contributed by atoms with Crippen molar-refractivity contribution in [1.29, 1.82) is 0 Å². The van der Waals surface area contributed by atoms with Crippen LogP contribution in [0.1, 0.15) is 24.0 Å². The van der Waals surface area contributed by atoms with Crippen LogP contribution in [0.4, 0.5) is 4.79 Å². The minimum atomic E-state index is -0.510. The lowest BCUT2D eigenvalue weighted by Gasteiger charge is -2.22. The smallest absolute Gasteiger partial charge is 0.317 e. The second kappa shape index (κ2) is 7.00. The highest BCUT2D eigenvalue weighted by Gasteiger charge is 2.29. The Bertz CT molecular complexity index is 563. The van der Waals surface area contributed by atoms with Crippen LogP contribution in [0.5, 0.6) is 0 Å². The largest absolute Gasteiger partial charge is 0.367 e. The van der Waals surface area contributed by atoms with E-state index in [1.807, 2.05) is 17.0 Å². The molecule has 3 amide bonds. The maximum Gasteiger partial charge on any atom is 0.317 e. The zero-order valence-electron chi connectivity index (χ0n) is 13.2. The first kappa shape index (κ1) is 15.8. The Kier molecular flexibility index (Phi) is 4.81. The van der Waals surface area contributed by atoms with E-state index >= 15 is 0 Å². The van der Waals surface area contributed by atoms with Crippen LogP contribution in [0.25, 0.3) is 0 Å². The lowest BCUT2D eigenvalue weighted by atomic mass is 10.0. The first-order valence-electron chi connectivity index (χ1n) is 8.18. The fourth-order valence-electron chi connectivity index (χ4n) is 3.25. The number of fused-ring (bicyclic) bond motifs is 1. The quantitative estimate of drug-likeness (QED) is 0.866. The van der Waals surface area contributed by atoms with Crippen LogP contribution in [-0.2, 0) is 22.4 Å². The first-order chi connectivity index (χ1) is 11.1. The van der Waals surface area contributed by atoms with Gasteiger partial charge in [-0.25, -0.2) is 4.79 Å². The van der Waals surface area contributed by atoms with Crippen LogP contribution < -0.4 is 11.1 Å². The zero-order valence-corrected chi connectivity index (χ0v) is 13.2. The van der Waals surface area contributed by atoms with Gasteiger partial charge in [-0.2, -0.15) is 0 Å². The minimum Gasteiger partial charge on any atom is -0.367 e. The summed E-state index contributed by atoms with van der Waals surface area (Å²) in [4.78, 5) is 25.3. The van der Waals surface area contributed by atoms with Gasteiger partial charge in [-0.1, -0.05) is 24.3 Å².